The molecule has 3 atom stereocenters. The van der Waals surface area contributed by atoms with Crippen LogP contribution in [0.3, 0.4) is 0 Å². The van der Waals surface area contributed by atoms with E-state index in [0.717, 1.165) is 4.88 Å². The smallest absolute Gasteiger partial charge is 0.316 e. The van der Waals surface area contributed by atoms with Gasteiger partial charge in [-0.1, -0.05) is 23.4 Å². The minimum Gasteiger partial charge on any atom is -0.348 e. The molecule has 0 saturated heterocycles. The highest BCUT2D eigenvalue weighted by Crippen LogP contribution is 2.42. The van der Waals surface area contributed by atoms with Crippen molar-refractivity contribution in [2.45, 2.75) is 12.8 Å². The Bertz CT molecular complexity index is 677. The van der Waals surface area contributed by atoms with Gasteiger partial charge >= 0.3 is 11.8 Å². The minimum atomic E-state index is -0.281. The van der Waals surface area contributed by atoms with Gasteiger partial charge in [0.05, 0.1) is 4.88 Å². The molecule has 2 aromatic rings. The van der Waals surface area contributed by atoms with E-state index < -0.39 is 0 Å². The molecule has 0 aromatic carbocycles. The van der Waals surface area contributed by atoms with Crippen molar-refractivity contribution in [1.82, 2.24) is 15.5 Å². The monoisotopic (exact) mass is 301 g/mol. The summed E-state index contributed by atoms with van der Waals surface area (Å²) in [6, 6.07) is 3.82. The molecule has 5 nitrogen and oxygen atoms in total. The Labute approximate surface area is 126 Å². The summed E-state index contributed by atoms with van der Waals surface area (Å²) in [6.45, 7) is 0.682. The van der Waals surface area contributed by atoms with Gasteiger partial charge in [-0.25, -0.2) is 0 Å². The number of amides is 1. The molecular formula is C15H15N3O2S. The molecule has 0 spiro atoms. The molecule has 1 saturated carbocycles. The van der Waals surface area contributed by atoms with Gasteiger partial charge in [0, 0.05) is 6.54 Å². The molecule has 2 aromatic heterocycles. The first-order chi connectivity index (χ1) is 10.3. The number of nitrogens with zero attached hydrogens (tertiary/aromatic N) is 2. The largest absolute Gasteiger partial charge is 0.348 e. The second-order valence-electron chi connectivity index (χ2n) is 5.65. The third kappa shape index (κ3) is 2.40. The lowest BCUT2D eigenvalue weighted by atomic mass is 9.94. The molecule has 2 bridgehead atoms. The summed E-state index contributed by atoms with van der Waals surface area (Å²) in [7, 11) is 0. The lowest BCUT2D eigenvalue weighted by Crippen LogP contribution is -2.31. The van der Waals surface area contributed by atoms with E-state index in [1.165, 1.54) is 24.2 Å². The maximum absolute atomic E-state index is 12.1. The fourth-order valence-corrected chi connectivity index (χ4v) is 3.90. The van der Waals surface area contributed by atoms with Crippen LogP contribution in [0.15, 0.2) is 34.2 Å². The molecule has 1 amide bonds. The molecule has 1 fully saturated rings. The number of thiophene rings is 1. The number of hydrogen-bond donors (Lipinski definition) is 1. The van der Waals surface area contributed by atoms with Gasteiger partial charge in [-0.15, -0.1) is 11.3 Å². The summed E-state index contributed by atoms with van der Waals surface area (Å²) < 4.78 is 5.05. The summed E-state index contributed by atoms with van der Waals surface area (Å²) in [5.74, 6) is 2.11. The van der Waals surface area contributed by atoms with E-state index in [2.05, 4.69) is 27.6 Å². The molecular weight excluding hydrogens is 286 g/mol. The van der Waals surface area contributed by atoms with Crippen LogP contribution in [0, 0.1) is 17.8 Å². The standard InChI is InChI=1S/C15H15N3O2S/c19-14(16-8-11-7-9-3-4-10(11)6-9)15-17-13(18-20-15)12-2-1-5-21-12/h1-5,9-11H,6-8H2,(H,16,19)/t9-,10+,11-/m1/s1. The van der Waals surface area contributed by atoms with E-state index in [1.54, 1.807) is 0 Å². The van der Waals surface area contributed by atoms with Gasteiger partial charge in [0.2, 0.25) is 5.82 Å². The van der Waals surface area contributed by atoms with Crippen LogP contribution in [0.25, 0.3) is 10.7 Å². The Balaban J connectivity index is 1.38. The normalized spacial score (nSPS) is 26.4. The first kappa shape index (κ1) is 12.8. The Hall–Kier alpha value is -1.95. The second kappa shape index (κ2) is 5.11. The van der Waals surface area contributed by atoms with Gasteiger partial charge in [0.15, 0.2) is 0 Å². The van der Waals surface area contributed by atoms with Crippen molar-refractivity contribution >= 4 is 17.2 Å². The van der Waals surface area contributed by atoms with Crippen molar-refractivity contribution in [2.75, 3.05) is 6.54 Å². The van der Waals surface area contributed by atoms with Gasteiger partial charge < -0.3 is 9.84 Å². The van der Waals surface area contributed by atoms with E-state index in [9.17, 15) is 4.79 Å². The predicted octanol–water partition coefficient (Wildman–Crippen LogP) is 2.74. The summed E-state index contributed by atoms with van der Waals surface area (Å²) in [5.41, 5.74) is 0. The van der Waals surface area contributed by atoms with Crippen LogP contribution in [0.1, 0.15) is 23.5 Å². The van der Waals surface area contributed by atoms with E-state index in [1.807, 2.05) is 17.5 Å². The van der Waals surface area contributed by atoms with Crippen LogP contribution in [-0.4, -0.2) is 22.6 Å². The molecule has 2 aliphatic carbocycles. The fourth-order valence-electron chi connectivity index (χ4n) is 3.25. The molecule has 108 valence electrons. The van der Waals surface area contributed by atoms with E-state index >= 15 is 0 Å². The van der Waals surface area contributed by atoms with Gasteiger partial charge in [-0.2, -0.15) is 4.98 Å². The summed E-state index contributed by atoms with van der Waals surface area (Å²) in [4.78, 5) is 17.1. The van der Waals surface area contributed by atoms with Gasteiger partial charge in [-0.3, -0.25) is 4.79 Å². The van der Waals surface area contributed by atoms with Crippen molar-refractivity contribution in [3.05, 3.63) is 35.6 Å². The first-order valence-corrected chi connectivity index (χ1v) is 8.01. The van der Waals surface area contributed by atoms with Crippen molar-refractivity contribution < 1.29 is 9.32 Å². The maximum Gasteiger partial charge on any atom is 0.316 e. The van der Waals surface area contributed by atoms with Crippen LogP contribution < -0.4 is 5.32 Å². The molecule has 4 rings (SSSR count). The summed E-state index contributed by atoms with van der Waals surface area (Å²) in [6.07, 6.45) is 7.00. The van der Waals surface area contributed by atoms with Crippen LogP contribution in [0.5, 0.6) is 0 Å². The molecule has 1 N–H and O–H groups in total. The van der Waals surface area contributed by atoms with Crippen LogP contribution >= 0.6 is 11.3 Å². The second-order valence-corrected chi connectivity index (χ2v) is 6.60. The van der Waals surface area contributed by atoms with Crippen LogP contribution in [-0.2, 0) is 0 Å². The summed E-state index contributed by atoms with van der Waals surface area (Å²) >= 11 is 1.52. The van der Waals surface area contributed by atoms with Crippen LogP contribution in [0.4, 0.5) is 0 Å². The van der Waals surface area contributed by atoms with Gasteiger partial charge in [0.1, 0.15) is 0 Å². The highest BCUT2D eigenvalue weighted by molar-refractivity contribution is 7.13. The Morgan fingerprint density at radius 3 is 3.10 bits per heavy atom. The van der Waals surface area contributed by atoms with Gasteiger partial charge in [0.25, 0.3) is 0 Å². The van der Waals surface area contributed by atoms with Crippen molar-refractivity contribution in [3.63, 3.8) is 0 Å². The van der Waals surface area contributed by atoms with Crippen molar-refractivity contribution in [1.29, 1.82) is 0 Å². The molecule has 2 heterocycles. The zero-order chi connectivity index (χ0) is 14.2. The van der Waals surface area contributed by atoms with E-state index in [4.69, 9.17) is 4.52 Å². The Morgan fingerprint density at radius 2 is 2.38 bits per heavy atom. The Morgan fingerprint density at radius 1 is 1.43 bits per heavy atom. The molecule has 6 heteroatoms. The Kier molecular flexibility index (Phi) is 3.11. The number of hydrogen-bond acceptors (Lipinski definition) is 5. The number of fused-ring (bicyclic) bond motifs is 2. The summed E-state index contributed by atoms with van der Waals surface area (Å²) in [5, 5.41) is 8.71. The third-order valence-electron chi connectivity index (χ3n) is 4.30. The van der Waals surface area contributed by atoms with Crippen molar-refractivity contribution in [3.8, 4) is 10.7 Å². The fraction of sp³-hybridized carbons (Fsp3) is 0.400. The number of carbonyl (C=O) groups is 1. The number of rotatable bonds is 4. The average molecular weight is 301 g/mol. The maximum atomic E-state index is 12.1. The van der Waals surface area contributed by atoms with Crippen LogP contribution in [0.2, 0.25) is 0 Å². The quantitative estimate of drug-likeness (QED) is 0.882. The predicted molar refractivity (Wildman–Crippen MR) is 78.8 cm³/mol. The third-order valence-corrected chi connectivity index (χ3v) is 5.17. The zero-order valence-electron chi connectivity index (χ0n) is 11.4. The highest BCUT2D eigenvalue weighted by Gasteiger charge is 2.35. The van der Waals surface area contributed by atoms with Gasteiger partial charge in [-0.05, 0) is 42.0 Å². The lowest BCUT2D eigenvalue weighted by Gasteiger charge is -2.17. The van der Waals surface area contributed by atoms with Crippen molar-refractivity contribution in [2.24, 2.45) is 17.8 Å². The lowest BCUT2D eigenvalue weighted by molar-refractivity contribution is 0.0901. The highest BCUT2D eigenvalue weighted by atomic mass is 32.1. The first-order valence-electron chi connectivity index (χ1n) is 7.13. The number of carbonyl (C=O) groups excluding carboxylic acids is 1. The SMILES string of the molecule is O=C(NC[C@H]1C[C@@H]2C=C[C@H]1C2)c1nc(-c2cccs2)no1. The number of nitrogens with one attached hydrogen (secondary N) is 1. The molecule has 2 aliphatic rings. The number of allylic oxidation sites excluding steroid dienone is 2. The molecule has 21 heavy (non-hydrogen) atoms. The van der Waals surface area contributed by atoms with E-state index in [0.29, 0.717) is 30.1 Å². The van der Waals surface area contributed by atoms with E-state index in [-0.39, 0.29) is 11.8 Å². The molecule has 0 aliphatic heterocycles. The average Bonchev–Trinajstić information content (AvgIpc) is 3.28. The zero-order valence-corrected chi connectivity index (χ0v) is 12.2. The number of aromatic nitrogens is 2. The molecule has 0 unspecified atom stereocenters. The minimum absolute atomic E-state index is 0.0390. The topological polar surface area (TPSA) is 68.0 Å². The molecule has 0 radical (unpaired) electrons.